The number of nitrogens with zero attached hydrogens (tertiary/aromatic N) is 3. The van der Waals surface area contributed by atoms with Crippen molar-refractivity contribution in [3.05, 3.63) is 78.1 Å². The molecule has 2 heterocycles. The summed E-state index contributed by atoms with van der Waals surface area (Å²) in [4.78, 5) is 11.2. The zero-order valence-corrected chi connectivity index (χ0v) is 16.4. The molecule has 0 aliphatic carbocycles. The summed E-state index contributed by atoms with van der Waals surface area (Å²) in [7, 11) is 1.63. The van der Waals surface area contributed by atoms with Crippen LogP contribution in [-0.4, -0.2) is 27.8 Å². The number of hydrogen-bond donors (Lipinski definition) is 1. The Labute approximate surface area is 171 Å². The molecule has 0 bridgehead atoms. The molecule has 0 atom stereocenters. The van der Waals surface area contributed by atoms with Crippen LogP contribution in [0.25, 0.3) is 17.3 Å². The molecule has 1 amide bonds. The maximum Gasteiger partial charge on any atom is 0.248 e. The molecular formula is C21H18N4O3S. The SMILES string of the molecule is COc1ccccc1-n1c(SCc2ccc(C(N)=O)cc2)nnc1-c1ccco1. The van der Waals surface area contributed by atoms with Gasteiger partial charge in [-0.2, -0.15) is 0 Å². The lowest BCUT2D eigenvalue weighted by Crippen LogP contribution is -2.10. The summed E-state index contributed by atoms with van der Waals surface area (Å²) >= 11 is 1.52. The van der Waals surface area contributed by atoms with Gasteiger partial charge in [0.1, 0.15) is 5.75 Å². The predicted octanol–water partition coefficient (Wildman–Crippen LogP) is 3.93. The lowest BCUT2D eigenvalue weighted by atomic mass is 10.1. The molecule has 0 spiro atoms. The van der Waals surface area contributed by atoms with Gasteiger partial charge in [-0.25, -0.2) is 0 Å². The van der Waals surface area contributed by atoms with Crippen molar-refractivity contribution in [3.8, 4) is 23.0 Å². The fourth-order valence-corrected chi connectivity index (χ4v) is 3.77. The highest BCUT2D eigenvalue weighted by molar-refractivity contribution is 7.98. The number of nitrogens with two attached hydrogens (primary N) is 1. The average Bonchev–Trinajstić information content (AvgIpc) is 3.42. The number of primary amides is 1. The normalized spacial score (nSPS) is 10.8. The minimum absolute atomic E-state index is 0.441. The molecule has 2 aromatic heterocycles. The van der Waals surface area contributed by atoms with Crippen LogP contribution in [0.5, 0.6) is 5.75 Å². The van der Waals surface area contributed by atoms with Crippen molar-refractivity contribution in [2.24, 2.45) is 5.73 Å². The molecule has 4 rings (SSSR count). The molecule has 0 saturated carbocycles. The molecule has 2 N–H and O–H groups in total. The van der Waals surface area contributed by atoms with E-state index in [9.17, 15) is 4.79 Å². The minimum Gasteiger partial charge on any atom is -0.495 e. The van der Waals surface area contributed by atoms with E-state index in [1.54, 1.807) is 25.5 Å². The number of hydrogen-bond acceptors (Lipinski definition) is 6. The van der Waals surface area contributed by atoms with Crippen molar-refractivity contribution in [2.45, 2.75) is 10.9 Å². The standard InChI is InChI=1S/C21H18N4O3S/c1-27-17-6-3-2-5-16(17)25-20(18-7-4-12-28-18)23-24-21(25)29-13-14-8-10-15(11-9-14)19(22)26/h2-12H,13H2,1H3,(H2,22,26). The Balaban J connectivity index is 1.69. The molecule has 0 fully saturated rings. The number of furan rings is 1. The largest absolute Gasteiger partial charge is 0.495 e. The van der Waals surface area contributed by atoms with E-state index in [1.807, 2.05) is 53.1 Å². The summed E-state index contributed by atoms with van der Waals surface area (Å²) in [6.07, 6.45) is 1.60. The number of para-hydroxylation sites is 2. The zero-order chi connectivity index (χ0) is 20.2. The van der Waals surface area contributed by atoms with Crippen LogP contribution < -0.4 is 10.5 Å². The summed E-state index contributed by atoms with van der Waals surface area (Å²) in [5.74, 6) is 2.10. The molecule has 8 heteroatoms. The monoisotopic (exact) mass is 406 g/mol. The second-order valence-corrected chi connectivity index (χ2v) is 7.08. The highest BCUT2D eigenvalue weighted by Gasteiger charge is 2.20. The van der Waals surface area contributed by atoms with Crippen molar-refractivity contribution >= 4 is 17.7 Å². The van der Waals surface area contributed by atoms with Gasteiger partial charge in [0.15, 0.2) is 10.9 Å². The Morgan fingerprint density at radius 3 is 2.59 bits per heavy atom. The molecule has 2 aromatic carbocycles. The van der Waals surface area contributed by atoms with Gasteiger partial charge in [-0.3, -0.25) is 9.36 Å². The van der Waals surface area contributed by atoms with Crippen LogP contribution in [-0.2, 0) is 5.75 Å². The topological polar surface area (TPSA) is 96.2 Å². The number of benzene rings is 2. The first-order valence-electron chi connectivity index (χ1n) is 8.81. The third kappa shape index (κ3) is 3.88. The Bertz CT molecular complexity index is 1120. The Morgan fingerprint density at radius 1 is 1.10 bits per heavy atom. The van der Waals surface area contributed by atoms with Crippen LogP contribution in [0.2, 0.25) is 0 Å². The van der Waals surface area contributed by atoms with Crippen molar-refractivity contribution in [3.63, 3.8) is 0 Å². The second-order valence-electron chi connectivity index (χ2n) is 6.14. The quantitative estimate of drug-likeness (QED) is 0.467. The molecule has 0 aliphatic rings. The number of amides is 1. The summed E-state index contributed by atoms with van der Waals surface area (Å²) in [6.45, 7) is 0. The first-order chi connectivity index (χ1) is 14.2. The van der Waals surface area contributed by atoms with Gasteiger partial charge in [0.2, 0.25) is 11.7 Å². The molecule has 146 valence electrons. The Hall–Kier alpha value is -3.52. The van der Waals surface area contributed by atoms with Gasteiger partial charge in [-0.05, 0) is 42.0 Å². The number of aromatic nitrogens is 3. The van der Waals surface area contributed by atoms with Crippen molar-refractivity contribution < 1.29 is 13.9 Å². The van der Waals surface area contributed by atoms with E-state index in [1.165, 1.54) is 11.8 Å². The molecule has 0 unspecified atom stereocenters. The average molecular weight is 406 g/mol. The van der Waals surface area contributed by atoms with E-state index >= 15 is 0 Å². The van der Waals surface area contributed by atoms with Crippen molar-refractivity contribution in [2.75, 3.05) is 7.11 Å². The molecule has 4 aromatic rings. The van der Waals surface area contributed by atoms with E-state index in [0.29, 0.717) is 33.8 Å². The van der Waals surface area contributed by atoms with Crippen molar-refractivity contribution in [1.82, 2.24) is 14.8 Å². The van der Waals surface area contributed by atoms with Crippen LogP contribution in [0.1, 0.15) is 15.9 Å². The molecular weight excluding hydrogens is 388 g/mol. The maximum atomic E-state index is 11.2. The van der Waals surface area contributed by atoms with E-state index < -0.39 is 5.91 Å². The lowest BCUT2D eigenvalue weighted by Gasteiger charge is -2.13. The van der Waals surface area contributed by atoms with E-state index in [-0.39, 0.29) is 0 Å². The fraction of sp³-hybridized carbons (Fsp3) is 0.0952. The van der Waals surface area contributed by atoms with Gasteiger partial charge in [-0.1, -0.05) is 36.0 Å². The molecule has 0 saturated heterocycles. The van der Waals surface area contributed by atoms with Crippen LogP contribution in [0, 0.1) is 0 Å². The number of methoxy groups -OCH3 is 1. The van der Waals surface area contributed by atoms with Crippen LogP contribution in [0.4, 0.5) is 0 Å². The van der Waals surface area contributed by atoms with Gasteiger partial charge in [0.25, 0.3) is 0 Å². The van der Waals surface area contributed by atoms with Crippen LogP contribution in [0.15, 0.2) is 76.5 Å². The highest BCUT2D eigenvalue weighted by Crippen LogP contribution is 2.33. The van der Waals surface area contributed by atoms with Crippen LogP contribution in [0.3, 0.4) is 0 Å². The van der Waals surface area contributed by atoms with E-state index in [0.717, 1.165) is 11.3 Å². The van der Waals surface area contributed by atoms with Gasteiger partial charge >= 0.3 is 0 Å². The Morgan fingerprint density at radius 2 is 1.90 bits per heavy atom. The smallest absolute Gasteiger partial charge is 0.248 e. The fourth-order valence-electron chi connectivity index (χ4n) is 2.87. The first-order valence-corrected chi connectivity index (χ1v) is 9.80. The number of thioether (sulfide) groups is 1. The van der Waals surface area contributed by atoms with E-state index in [4.69, 9.17) is 14.9 Å². The van der Waals surface area contributed by atoms with E-state index in [2.05, 4.69) is 10.2 Å². The summed E-state index contributed by atoms with van der Waals surface area (Å²) in [5.41, 5.74) is 7.64. The third-order valence-corrected chi connectivity index (χ3v) is 5.31. The van der Waals surface area contributed by atoms with Gasteiger partial charge in [0.05, 0.1) is 19.1 Å². The lowest BCUT2D eigenvalue weighted by molar-refractivity contribution is 0.100. The molecule has 7 nitrogen and oxygen atoms in total. The van der Waals surface area contributed by atoms with Crippen molar-refractivity contribution in [1.29, 1.82) is 0 Å². The molecule has 29 heavy (non-hydrogen) atoms. The van der Waals surface area contributed by atoms with Crippen LogP contribution >= 0.6 is 11.8 Å². The number of carbonyl (C=O) groups excluding carboxylic acids is 1. The maximum absolute atomic E-state index is 11.2. The summed E-state index contributed by atoms with van der Waals surface area (Å²) in [5, 5.41) is 9.41. The minimum atomic E-state index is -0.441. The first kappa shape index (κ1) is 18.8. The number of ether oxygens (including phenoxy) is 1. The molecule has 0 aliphatic heterocycles. The molecule has 0 radical (unpaired) electrons. The second kappa shape index (κ2) is 8.24. The summed E-state index contributed by atoms with van der Waals surface area (Å²) < 4.78 is 13.0. The van der Waals surface area contributed by atoms with Gasteiger partial charge in [-0.15, -0.1) is 10.2 Å². The Kier molecular flexibility index (Phi) is 5.35. The van der Waals surface area contributed by atoms with Gasteiger partial charge < -0.3 is 14.9 Å². The summed E-state index contributed by atoms with van der Waals surface area (Å²) in [6, 6.07) is 18.5. The highest BCUT2D eigenvalue weighted by atomic mass is 32.2. The third-order valence-electron chi connectivity index (χ3n) is 4.31. The zero-order valence-electron chi connectivity index (χ0n) is 15.6. The number of rotatable bonds is 7. The van der Waals surface area contributed by atoms with Gasteiger partial charge in [0, 0.05) is 11.3 Å². The predicted molar refractivity (Wildman–Crippen MR) is 110 cm³/mol. The number of carbonyl (C=O) groups is 1.